The maximum absolute atomic E-state index is 9.24. The molecule has 0 fully saturated rings. The van der Waals surface area contributed by atoms with Crippen LogP contribution in [0.5, 0.6) is 0 Å². The van der Waals surface area contributed by atoms with E-state index in [4.69, 9.17) is 10.9 Å². The minimum Gasteiger partial charge on any atom is -0.480 e. The number of benzene rings is 2. The van der Waals surface area contributed by atoms with Crippen molar-refractivity contribution >= 4 is 5.97 Å². The van der Waals surface area contributed by atoms with Gasteiger partial charge in [-0.1, -0.05) is 60.7 Å². The highest BCUT2D eigenvalue weighted by molar-refractivity contribution is 5.68. The molecule has 0 bridgehead atoms. The third-order valence-corrected chi connectivity index (χ3v) is 2.63. The van der Waals surface area contributed by atoms with Crippen molar-refractivity contribution in [2.24, 2.45) is 11.6 Å². The molecule has 0 aliphatic heterocycles. The van der Waals surface area contributed by atoms with E-state index in [2.05, 4.69) is 30.0 Å². The summed E-state index contributed by atoms with van der Waals surface area (Å²) in [5.74, 6) is 5.00. The second kappa shape index (κ2) is 9.66. The molecule has 0 saturated heterocycles. The Labute approximate surface area is 124 Å². The highest BCUT2D eigenvalue weighted by Gasteiger charge is 2.01. The van der Waals surface area contributed by atoms with Gasteiger partial charge in [-0.25, -0.2) is 5.01 Å². The molecule has 2 aromatic rings. The van der Waals surface area contributed by atoms with Crippen LogP contribution in [0.2, 0.25) is 0 Å². The Balaban J connectivity index is 0.000000383. The van der Waals surface area contributed by atoms with E-state index in [1.165, 1.54) is 11.1 Å². The number of hydrogen-bond donors (Lipinski definition) is 3. The van der Waals surface area contributed by atoms with E-state index in [9.17, 15) is 4.79 Å². The van der Waals surface area contributed by atoms with Crippen LogP contribution < -0.4 is 11.6 Å². The smallest absolute Gasteiger partial charge is 0.317 e. The normalized spacial score (nSPS) is 9.86. The Bertz CT molecular complexity index is 476. The van der Waals surface area contributed by atoms with Gasteiger partial charge in [0.05, 0.1) is 6.54 Å². The summed E-state index contributed by atoms with van der Waals surface area (Å²) in [4.78, 5) is 9.24. The molecule has 2 aromatic carbocycles. The molecule has 0 aliphatic rings. The molecular formula is C16H21N3O2. The number of aliphatic carboxylic acids is 1. The van der Waals surface area contributed by atoms with Crippen molar-refractivity contribution in [2.75, 3.05) is 6.54 Å². The Kier molecular flexibility index (Phi) is 7.74. The lowest BCUT2D eigenvalue weighted by atomic mass is 10.2. The molecule has 112 valence electrons. The lowest BCUT2D eigenvalue weighted by molar-refractivity contribution is -0.135. The molecule has 5 heteroatoms. The second-order valence-corrected chi connectivity index (χ2v) is 4.47. The van der Waals surface area contributed by atoms with Gasteiger partial charge >= 0.3 is 5.97 Å². The maximum Gasteiger partial charge on any atom is 0.317 e. The first kappa shape index (κ1) is 16.8. The summed E-state index contributed by atoms with van der Waals surface area (Å²) in [5.41, 5.74) is 7.05. The van der Waals surface area contributed by atoms with E-state index in [0.29, 0.717) is 0 Å². The number of nitrogens with two attached hydrogens (primary N) is 2. The van der Waals surface area contributed by atoms with Crippen LogP contribution in [0.3, 0.4) is 0 Å². The van der Waals surface area contributed by atoms with Gasteiger partial charge in [0, 0.05) is 13.1 Å². The van der Waals surface area contributed by atoms with Crippen molar-refractivity contribution in [1.29, 1.82) is 0 Å². The van der Waals surface area contributed by atoms with Gasteiger partial charge in [0.25, 0.3) is 0 Å². The molecule has 2 rings (SSSR count). The van der Waals surface area contributed by atoms with Gasteiger partial charge in [-0.3, -0.25) is 10.6 Å². The summed E-state index contributed by atoms with van der Waals surface area (Å²) in [6, 6.07) is 20.5. The van der Waals surface area contributed by atoms with Gasteiger partial charge < -0.3 is 10.8 Å². The van der Waals surface area contributed by atoms with Gasteiger partial charge in [-0.2, -0.15) is 0 Å². The van der Waals surface area contributed by atoms with Crippen LogP contribution >= 0.6 is 0 Å². The Morgan fingerprint density at radius 2 is 1.24 bits per heavy atom. The van der Waals surface area contributed by atoms with Crippen LogP contribution in [0.25, 0.3) is 0 Å². The lowest BCUT2D eigenvalue weighted by Crippen LogP contribution is -2.29. The Morgan fingerprint density at radius 1 is 0.905 bits per heavy atom. The molecule has 0 aliphatic carbocycles. The first-order valence-corrected chi connectivity index (χ1v) is 6.61. The lowest BCUT2D eigenvalue weighted by Gasteiger charge is -2.16. The van der Waals surface area contributed by atoms with Gasteiger partial charge in [-0.15, -0.1) is 0 Å². The summed E-state index contributed by atoms with van der Waals surface area (Å²) in [6.45, 7) is 1.27. The monoisotopic (exact) mass is 287 g/mol. The zero-order valence-electron chi connectivity index (χ0n) is 11.9. The minimum atomic E-state index is -0.968. The summed E-state index contributed by atoms with van der Waals surface area (Å²) in [6.07, 6.45) is 0. The third-order valence-electron chi connectivity index (χ3n) is 2.63. The number of rotatable bonds is 5. The quantitative estimate of drug-likeness (QED) is 0.573. The fraction of sp³-hybridized carbons (Fsp3) is 0.188. The van der Waals surface area contributed by atoms with Gasteiger partial charge in [0.15, 0.2) is 0 Å². The van der Waals surface area contributed by atoms with E-state index in [1.807, 2.05) is 41.4 Å². The van der Waals surface area contributed by atoms with Crippen molar-refractivity contribution < 1.29 is 9.90 Å². The zero-order valence-corrected chi connectivity index (χ0v) is 11.9. The topological polar surface area (TPSA) is 92.6 Å². The summed E-state index contributed by atoms with van der Waals surface area (Å²) in [7, 11) is 0. The zero-order chi connectivity index (χ0) is 15.5. The van der Waals surface area contributed by atoms with Crippen molar-refractivity contribution in [1.82, 2.24) is 5.01 Å². The first-order valence-electron chi connectivity index (χ1n) is 6.61. The van der Waals surface area contributed by atoms with Gasteiger partial charge in [0.1, 0.15) is 0 Å². The van der Waals surface area contributed by atoms with Crippen molar-refractivity contribution in [3.05, 3.63) is 71.8 Å². The molecule has 0 atom stereocenters. The highest BCUT2D eigenvalue weighted by atomic mass is 16.4. The van der Waals surface area contributed by atoms with Gasteiger partial charge in [0.2, 0.25) is 0 Å². The Morgan fingerprint density at radius 3 is 1.52 bits per heavy atom. The first-order chi connectivity index (χ1) is 10.1. The van der Waals surface area contributed by atoms with Crippen LogP contribution in [-0.4, -0.2) is 22.6 Å². The standard InChI is InChI=1S/C14H16N2.C2H5NO2/c15-16(11-13-7-3-1-4-8-13)12-14-9-5-2-6-10-14;3-1-2(4)5/h1-10H,11-12,15H2;1,3H2,(H,4,5). The summed E-state index contributed by atoms with van der Waals surface area (Å²) < 4.78 is 0. The molecule has 5 N–H and O–H groups in total. The van der Waals surface area contributed by atoms with Crippen molar-refractivity contribution in [3.63, 3.8) is 0 Å². The largest absolute Gasteiger partial charge is 0.480 e. The van der Waals surface area contributed by atoms with Crippen LogP contribution in [0.15, 0.2) is 60.7 Å². The predicted molar refractivity (Wildman–Crippen MR) is 83.0 cm³/mol. The van der Waals surface area contributed by atoms with E-state index >= 15 is 0 Å². The number of carboxylic acid groups (broad SMARTS) is 1. The SMILES string of the molecule is NCC(=O)O.NN(Cc1ccccc1)Cc1ccccc1. The maximum atomic E-state index is 9.24. The summed E-state index contributed by atoms with van der Waals surface area (Å²) >= 11 is 0. The van der Waals surface area contributed by atoms with Crippen LogP contribution in [0, 0.1) is 0 Å². The third kappa shape index (κ3) is 7.84. The molecular weight excluding hydrogens is 266 g/mol. The molecule has 0 radical (unpaired) electrons. The molecule has 21 heavy (non-hydrogen) atoms. The number of hydrogen-bond acceptors (Lipinski definition) is 4. The molecule has 5 nitrogen and oxygen atoms in total. The molecule has 0 saturated carbocycles. The summed E-state index contributed by atoms with van der Waals surface area (Å²) in [5, 5.41) is 9.42. The average Bonchev–Trinajstić information content (AvgIpc) is 2.49. The van der Waals surface area contributed by atoms with E-state index < -0.39 is 5.97 Å². The second-order valence-electron chi connectivity index (χ2n) is 4.47. The minimum absolute atomic E-state index is 0.278. The molecule has 0 spiro atoms. The number of nitrogens with zero attached hydrogens (tertiary/aromatic N) is 1. The average molecular weight is 287 g/mol. The van der Waals surface area contributed by atoms with Gasteiger partial charge in [-0.05, 0) is 11.1 Å². The van der Waals surface area contributed by atoms with Crippen molar-refractivity contribution in [2.45, 2.75) is 13.1 Å². The van der Waals surface area contributed by atoms with Crippen molar-refractivity contribution in [3.8, 4) is 0 Å². The van der Waals surface area contributed by atoms with Crippen LogP contribution in [-0.2, 0) is 17.9 Å². The van der Waals surface area contributed by atoms with Crippen LogP contribution in [0.4, 0.5) is 0 Å². The van der Waals surface area contributed by atoms with E-state index in [1.54, 1.807) is 0 Å². The number of hydrazine groups is 1. The fourth-order valence-corrected chi connectivity index (χ4v) is 1.69. The van der Waals surface area contributed by atoms with Crippen LogP contribution in [0.1, 0.15) is 11.1 Å². The molecule has 0 heterocycles. The number of carboxylic acids is 1. The Hall–Kier alpha value is -2.21. The van der Waals surface area contributed by atoms with E-state index in [-0.39, 0.29) is 6.54 Å². The molecule has 0 aromatic heterocycles. The fourth-order valence-electron chi connectivity index (χ4n) is 1.69. The molecule has 0 unspecified atom stereocenters. The number of carbonyl (C=O) groups is 1. The molecule has 0 amide bonds. The highest BCUT2D eigenvalue weighted by Crippen LogP contribution is 2.05. The van der Waals surface area contributed by atoms with E-state index in [0.717, 1.165) is 13.1 Å². The predicted octanol–water partition coefficient (Wildman–Crippen LogP) is 1.59.